The van der Waals surface area contributed by atoms with Gasteiger partial charge in [0, 0.05) is 68.2 Å². The SMILES string of the molecule is CC1=C(c2ccc3[nH]ccc3n2)c2cc(-c3ccc(CN4CCN(C)CC4)cc3)cnc2C1. The Bertz CT molecular complexity index is 1340. The van der Waals surface area contributed by atoms with Crippen molar-refractivity contribution in [2.24, 2.45) is 0 Å². The first-order valence-electron chi connectivity index (χ1n) is 11.8. The standard InChI is InChI=1S/C28H29N5/c1-19-15-27-23(28(19)26-8-7-24-25(31-26)9-10-29-24)16-22(17-30-27)21-5-3-20(4-6-21)18-33-13-11-32(2)12-14-33/h3-10,16-17,29H,11-15,18H2,1-2H3. The molecule has 1 N–H and O–H groups in total. The Hall–Kier alpha value is -3.28. The molecule has 2 aliphatic rings. The van der Waals surface area contributed by atoms with Crippen molar-refractivity contribution >= 4 is 16.6 Å². The Morgan fingerprint density at radius 2 is 1.76 bits per heavy atom. The summed E-state index contributed by atoms with van der Waals surface area (Å²) in [5, 5.41) is 0. The Labute approximate surface area is 194 Å². The smallest absolute Gasteiger partial charge is 0.0886 e. The lowest BCUT2D eigenvalue weighted by Crippen LogP contribution is -2.43. The van der Waals surface area contributed by atoms with E-state index in [-0.39, 0.29) is 0 Å². The van der Waals surface area contributed by atoms with Crippen LogP contribution in [0.3, 0.4) is 0 Å². The zero-order valence-electron chi connectivity index (χ0n) is 19.3. The van der Waals surface area contributed by atoms with Gasteiger partial charge in [-0.05, 0) is 49.4 Å². The summed E-state index contributed by atoms with van der Waals surface area (Å²) in [7, 11) is 2.20. The third-order valence-electron chi connectivity index (χ3n) is 7.05. The second kappa shape index (κ2) is 8.25. The lowest BCUT2D eigenvalue weighted by molar-refractivity contribution is 0.148. The number of benzene rings is 1. The molecule has 0 saturated carbocycles. The zero-order valence-corrected chi connectivity index (χ0v) is 19.3. The molecule has 0 amide bonds. The van der Waals surface area contributed by atoms with Gasteiger partial charge in [-0.15, -0.1) is 0 Å². The molecule has 0 radical (unpaired) electrons. The number of fused-ring (bicyclic) bond motifs is 2. The van der Waals surface area contributed by atoms with Crippen molar-refractivity contribution in [2.75, 3.05) is 33.2 Å². The molecular weight excluding hydrogens is 406 g/mol. The predicted molar refractivity (Wildman–Crippen MR) is 134 cm³/mol. The number of H-pyrrole nitrogens is 1. The molecule has 1 fully saturated rings. The molecule has 3 aromatic heterocycles. The van der Waals surface area contributed by atoms with Crippen LogP contribution in [-0.2, 0) is 13.0 Å². The normalized spacial score (nSPS) is 17.2. The van der Waals surface area contributed by atoms with E-state index in [0.717, 1.165) is 67.1 Å². The van der Waals surface area contributed by atoms with E-state index in [1.807, 2.05) is 18.5 Å². The molecule has 0 spiro atoms. The lowest BCUT2D eigenvalue weighted by Gasteiger charge is -2.32. The fourth-order valence-corrected chi connectivity index (χ4v) is 5.07. The maximum Gasteiger partial charge on any atom is 0.0886 e. The number of aromatic nitrogens is 3. The van der Waals surface area contributed by atoms with Gasteiger partial charge in [-0.3, -0.25) is 9.88 Å². The van der Waals surface area contributed by atoms with E-state index in [9.17, 15) is 0 Å². The largest absolute Gasteiger partial charge is 0.360 e. The van der Waals surface area contributed by atoms with E-state index >= 15 is 0 Å². The van der Waals surface area contributed by atoms with E-state index in [1.165, 1.54) is 27.8 Å². The average Bonchev–Trinajstić information content (AvgIpc) is 3.43. The van der Waals surface area contributed by atoms with Crippen LogP contribution in [0.5, 0.6) is 0 Å². The number of rotatable bonds is 4. The van der Waals surface area contributed by atoms with Crippen LogP contribution in [0, 0.1) is 0 Å². The van der Waals surface area contributed by atoms with E-state index < -0.39 is 0 Å². The number of nitrogens with zero attached hydrogens (tertiary/aromatic N) is 4. The topological polar surface area (TPSA) is 48.1 Å². The van der Waals surface area contributed by atoms with Crippen molar-refractivity contribution in [1.82, 2.24) is 24.8 Å². The first-order chi connectivity index (χ1) is 16.1. The highest BCUT2D eigenvalue weighted by atomic mass is 15.2. The molecule has 4 aromatic rings. The number of piperazine rings is 1. The third kappa shape index (κ3) is 3.88. The van der Waals surface area contributed by atoms with Crippen LogP contribution >= 0.6 is 0 Å². The molecule has 4 heterocycles. The maximum atomic E-state index is 4.92. The molecule has 166 valence electrons. The van der Waals surface area contributed by atoms with Gasteiger partial charge in [-0.2, -0.15) is 0 Å². The minimum absolute atomic E-state index is 0.891. The van der Waals surface area contributed by atoms with Crippen LogP contribution < -0.4 is 0 Å². The van der Waals surface area contributed by atoms with Gasteiger partial charge in [0.2, 0.25) is 0 Å². The predicted octanol–water partition coefficient (Wildman–Crippen LogP) is 4.75. The minimum Gasteiger partial charge on any atom is -0.360 e. The summed E-state index contributed by atoms with van der Waals surface area (Å²) in [6.07, 6.45) is 4.85. The monoisotopic (exact) mass is 435 g/mol. The summed E-state index contributed by atoms with van der Waals surface area (Å²) in [5.41, 5.74) is 11.8. The quantitative estimate of drug-likeness (QED) is 0.503. The van der Waals surface area contributed by atoms with Crippen LogP contribution in [0.1, 0.15) is 29.4 Å². The van der Waals surface area contributed by atoms with Crippen LogP contribution in [-0.4, -0.2) is 58.0 Å². The maximum absolute atomic E-state index is 4.92. The fraction of sp³-hybridized carbons (Fsp3) is 0.286. The Morgan fingerprint density at radius 1 is 0.939 bits per heavy atom. The molecule has 0 atom stereocenters. The minimum atomic E-state index is 0.891. The summed E-state index contributed by atoms with van der Waals surface area (Å²) in [5.74, 6) is 0. The molecule has 0 bridgehead atoms. The highest BCUT2D eigenvalue weighted by molar-refractivity contribution is 5.89. The molecule has 1 aliphatic heterocycles. The number of hydrogen-bond acceptors (Lipinski definition) is 4. The molecular formula is C28H29N5. The second-order valence-electron chi connectivity index (χ2n) is 9.43. The number of aromatic amines is 1. The Kier molecular flexibility index (Phi) is 5.08. The van der Waals surface area contributed by atoms with Crippen molar-refractivity contribution in [3.8, 4) is 11.1 Å². The van der Waals surface area contributed by atoms with Gasteiger partial charge in [0.15, 0.2) is 0 Å². The molecule has 1 aromatic carbocycles. The molecule has 0 unspecified atom stereocenters. The second-order valence-corrected chi connectivity index (χ2v) is 9.43. The molecule has 5 heteroatoms. The van der Waals surface area contributed by atoms with Crippen molar-refractivity contribution in [3.05, 3.63) is 89.0 Å². The fourth-order valence-electron chi connectivity index (χ4n) is 5.07. The zero-order chi connectivity index (χ0) is 22.4. The van der Waals surface area contributed by atoms with E-state index in [1.54, 1.807) is 0 Å². The number of nitrogens with one attached hydrogen (secondary N) is 1. The summed E-state index contributed by atoms with van der Waals surface area (Å²) in [6, 6.07) is 17.6. The Morgan fingerprint density at radius 3 is 2.58 bits per heavy atom. The van der Waals surface area contributed by atoms with E-state index in [0.29, 0.717) is 0 Å². The van der Waals surface area contributed by atoms with Crippen LogP contribution in [0.2, 0.25) is 0 Å². The van der Waals surface area contributed by atoms with Gasteiger partial charge in [-0.25, -0.2) is 4.98 Å². The van der Waals surface area contributed by atoms with Crippen molar-refractivity contribution in [3.63, 3.8) is 0 Å². The highest BCUT2D eigenvalue weighted by Gasteiger charge is 2.23. The van der Waals surface area contributed by atoms with Crippen molar-refractivity contribution < 1.29 is 0 Å². The van der Waals surface area contributed by atoms with Gasteiger partial charge >= 0.3 is 0 Å². The first-order valence-corrected chi connectivity index (χ1v) is 11.8. The van der Waals surface area contributed by atoms with Gasteiger partial charge in [0.25, 0.3) is 0 Å². The first kappa shape index (κ1) is 20.3. The van der Waals surface area contributed by atoms with Crippen LogP contribution in [0.4, 0.5) is 0 Å². The highest BCUT2D eigenvalue weighted by Crippen LogP contribution is 2.38. The summed E-state index contributed by atoms with van der Waals surface area (Å²) in [4.78, 5) is 17.9. The van der Waals surface area contributed by atoms with Gasteiger partial charge in [0.1, 0.15) is 0 Å². The van der Waals surface area contributed by atoms with E-state index in [2.05, 4.69) is 71.2 Å². The van der Waals surface area contributed by atoms with Crippen LogP contribution in [0.25, 0.3) is 27.7 Å². The number of pyridine rings is 2. The van der Waals surface area contributed by atoms with Gasteiger partial charge in [0.05, 0.1) is 22.4 Å². The molecule has 33 heavy (non-hydrogen) atoms. The molecule has 1 aliphatic carbocycles. The molecule has 6 rings (SSSR count). The molecule has 1 saturated heterocycles. The molecule has 5 nitrogen and oxygen atoms in total. The van der Waals surface area contributed by atoms with E-state index in [4.69, 9.17) is 9.97 Å². The van der Waals surface area contributed by atoms with Crippen molar-refractivity contribution in [1.29, 1.82) is 0 Å². The van der Waals surface area contributed by atoms with Gasteiger partial charge in [-0.1, -0.05) is 29.8 Å². The Balaban J connectivity index is 1.27. The summed E-state index contributed by atoms with van der Waals surface area (Å²) < 4.78 is 0. The summed E-state index contributed by atoms with van der Waals surface area (Å²) >= 11 is 0. The summed E-state index contributed by atoms with van der Waals surface area (Å²) in [6.45, 7) is 7.82. The van der Waals surface area contributed by atoms with Crippen molar-refractivity contribution in [2.45, 2.75) is 19.9 Å². The third-order valence-corrected chi connectivity index (χ3v) is 7.05. The number of likely N-dealkylation sites (N-methyl/N-ethyl adjacent to an activating group) is 1. The number of hydrogen-bond donors (Lipinski definition) is 1. The average molecular weight is 436 g/mol. The van der Waals surface area contributed by atoms with Gasteiger partial charge < -0.3 is 9.88 Å². The van der Waals surface area contributed by atoms with Crippen LogP contribution in [0.15, 0.2) is 66.5 Å². The number of allylic oxidation sites excluding steroid dienone is 1. The lowest BCUT2D eigenvalue weighted by atomic mass is 9.99.